The number of imidazole rings is 1. The molecule has 0 amide bonds. The fraction of sp³-hybridized carbons (Fsp3) is 0.160. The standard InChI is InChI=1S/C25H20Cl2F2N2OS/c1-15(16-4-10-24(32-2)22(27)11-16)23-13-30-25(31(23)20-8-6-18(28)7-9-20)33-14-17-3-5-19(29)12-21(17)26/h3-13,15H,14H2,1-2H3. The molecule has 0 aliphatic heterocycles. The Morgan fingerprint density at radius 2 is 1.70 bits per heavy atom. The van der Waals surface area contributed by atoms with Crippen molar-refractivity contribution >= 4 is 35.0 Å². The van der Waals surface area contributed by atoms with Gasteiger partial charge in [-0.2, -0.15) is 0 Å². The normalized spacial score (nSPS) is 12.1. The number of ether oxygens (including phenoxy) is 1. The average Bonchev–Trinajstić information content (AvgIpc) is 3.22. The lowest BCUT2D eigenvalue weighted by Gasteiger charge is -2.18. The Labute approximate surface area is 205 Å². The van der Waals surface area contributed by atoms with Gasteiger partial charge in [-0.15, -0.1) is 0 Å². The van der Waals surface area contributed by atoms with Crippen molar-refractivity contribution < 1.29 is 13.5 Å². The number of methoxy groups -OCH3 is 1. The number of hydrogen-bond acceptors (Lipinski definition) is 3. The van der Waals surface area contributed by atoms with E-state index in [-0.39, 0.29) is 17.6 Å². The van der Waals surface area contributed by atoms with Gasteiger partial charge >= 0.3 is 0 Å². The molecule has 0 saturated carbocycles. The van der Waals surface area contributed by atoms with Crippen LogP contribution in [-0.2, 0) is 5.75 Å². The fourth-order valence-electron chi connectivity index (χ4n) is 3.51. The predicted octanol–water partition coefficient (Wildman–Crippen LogP) is 7.91. The summed E-state index contributed by atoms with van der Waals surface area (Å²) in [5.41, 5.74) is 3.48. The molecule has 3 nitrogen and oxygen atoms in total. The highest BCUT2D eigenvalue weighted by Crippen LogP contribution is 2.35. The summed E-state index contributed by atoms with van der Waals surface area (Å²) < 4.78 is 34.3. The van der Waals surface area contributed by atoms with E-state index >= 15 is 0 Å². The Morgan fingerprint density at radius 1 is 0.970 bits per heavy atom. The summed E-state index contributed by atoms with van der Waals surface area (Å²) in [5, 5.41) is 1.60. The monoisotopic (exact) mass is 504 g/mol. The van der Waals surface area contributed by atoms with Crippen LogP contribution in [0.2, 0.25) is 10.0 Å². The molecular weight excluding hydrogens is 485 g/mol. The molecule has 33 heavy (non-hydrogen) atoms. The quantitative estimate of drug-likeness (QED) is 0.239. The van der Waals surface area contributed by atoms with Crippen LogP contribution in [0.25, 0.3) is 5.69 Å². The molecule has 1 aromatic heterocycles. The number of aromatic nitrogens is 2. The zero-order valence-corrected chi connectivity index (χ0v) is 20.2. The van der Waals surface area contributed by atoms with E-state index in [0.29, 0.717) is 26.7 Å². The Balaban J connectivity index is 1.72. The molecule has 0 fully saturated rings. The minimum absolute atomic E-state index is 0.0604. The van der Waals surface area contributed by atoms with E-state index in [2.05, 4.69) is 11.9 Å². The number of thioether (sulfide) groups is 1. The van der Waals surface area contributed by atoms with Gasteiger partial charge in [0.1, 0.15) is 17.4 Å². The van der Waals surface area contributed by atoms with E-state index in [4.69, 9.17) is 27.9 Å². The molecule has 0 bridgehead atoms. The van der Waals surface area contributed by atoms with E-state index in [1.165, 1.54) is 36.0 Å². The van der Waals surface area contributed by atoms with Gasteiger partial charge in [-0.3, -0.25) is 4.57 Å². The average molecular weight is 505 g/mol. The van der Waals surface area contributed by atoms with Crippen LogP contribution in [0.15, 0.2) is 72.0 Å². The van der Waals surface area contributed by atoms with Crippen molar-refractivity contribution in [2.75, 3.05) is 7.11 Å². The van der Waals surface area contributed by atoms with Gasteiger partial charge in [0.15, 0.2) is 5.16 Å². The molecule has 170 valence electrons. The summed E-state index contributed by atoms with van der Waals surface area (Å²) in [6.07, 6.45) is 1.81. The third-order valence-corrected chi connectivity index (χ3v) is 6.98. The minimum atomic E-state index is -0.379. The van der Waals surface area contributed by atoms with Crippen molar-refractivity contribution in [3.05, 3.63) is 105 Å². The van der Waals surface area contributed by atoms with Gasteiger partial charge in [0.2, 0.25) is 0 Å². The lowest BCUT2D eigenvalue weighted by molar-refractivity contribution is 0.415. The summed E-state index contributed by atoms with van der Waals surface area (Å²) >= 11 is 14.0. The highest BCUT2D eigenvalue weighted by molar-refractivity contribution is 7.98. The maximum Gasteiger partial charge on any atom is 0.173 e. The van der Waals surface area contributed by atoms with Crippen LogP contribution in [0.4, 0.5) is 8.78 Å². The van der Waals surface area contributed by atoms with Crippen LogP contribution in [0, 0.1) is 11.6 Å². The highest BCUT2D eigenvalue weighted by atomic mass is 35.5. The summed E-state index contributed by atoms with van der Waals surface area (Å²) in [5.74, 6) is 0.347. The maximum atomic E-state index is 13.6. The third-order valence-electron chi connectivity index (χ3n) is 5.33. The zero-order valence-electron chi connectivity index (χ0n) is 17.9. The molecule has 0 saturated heterocycles. The van der Waals surface area contributed by atoms with Gasteiger partial charge in [0.25, 0.3) is 0 Å². The molecular formula is C25H20Cl2F2N2OS. The first-order valence-corrected chi connectivity index (χ1v) is 11.8. The number of hydrogen-bond donors (Lipinski definition) is 0. The fourth-order valence-corrected chi connectivity index (χ4v) is 5.09. The van der Waals surface area contributed by atoms with Crippen molar-refractivity contribution in [1.82, 2.24) is 9.55 Å². The topological polar surface area (TPSA) is 27.1 Å². The predicted molar refractivity (Wildman–Crippen MR) is 130 cm³/mol. The largest absolute Gasteiger partial charge is 0.495 e. The molecule has 0 aliphatic rings. The SMILES string of the molecule is COc1ccc(C(C)c2cnc(SCc3ccc(F)cc3Cl)n2-c2ccc(F)cc2)cc1Cl. The molecule has 0 radical (unpaired) electrons. The van der Waals surface area contributed by atoms with E-state index in [1.807, 2.05) is 22.8 Å². The van der Waals surface area contributed by atoms with Crippen molar-refractivity contribution in [2.24, 2.45) is 0 Å². The van der Waals surface area contributed by atoms with Crippen LogP contribution in [0.3, 0.4) is 0 Å². The molecule has 1 atom stereocenters. The molecule has 8 heteroatoms. The van der Waals surface area contributed by atoms with Crippen LogP contribution in [0.5, 0.6) is 5.75 Å². The Kier molecular flexibility index (Phi) is 7.27. The van der Waals surface area contributed by atoms with Crippen molar-refractivity contribution in [2.45, 2.75) is 23.8 Å². The van der Waals surface area contributed by atoms with Gasteiger partial charge in [0, 0.05) is 22.4 Å². The lowest BCUT2D eigenvalue weighted by Crippen LogP contribution is -2.07. The van der Waals surface area contributed by atoms with Crippen molar-refractivity contribution in [1.29, 1.82) is 0 Å². The van der Waals surface area contributed by atoms with E-state index in [1.54, 1.807) is 31.5 Å². The highest BCUT2D eigenvalue weighted by Gasteiger charge is 2.20. The molecule has 0 aliphatic carbocycles. The first-order chi connectivity index (χ1) is 15.9. The Hall–Kier alpha value is -2.54. The first-order valence-electron chi connectivity index (χ1n) is 10.1. The van der Waals surface area contributed by atoms with Crippen LogP contribution in [-0.4, -0.2) is 16.7 Å². The summed E-state index contributed by atoms with van der Waals surface area (Å²) in [6.45, 7) is 2.06. The second kappa shape index (κ2) is 10.2. The number of rotatable bonds is 7. The van der Waals surface area contributed by atoms with Crippen molar-refractivity contribution in [3.63, 3.8) is 0 Å². The minimum Gasteiger partial charge on any atom is -0.495 e. The Bertz CT molecular complexity index is 1280. The van der Waals surface area contributed by atoms with Crippen LogP contribution in [0.1, 0.15) is 29.7 Å². The molecule has 3 aromatic carbocycles. The van der Waals surface area contributed by atoms with Gasteiger partial charge in [-0.1, -0.05) is 54.0 Å². The number of nitrogens with zero attached hydrogens (tertiary/aromatic N) is 2. The van der Waals surface area contributed by atoms with Gasteiger partial charge in [-0.05, 0) is 59.7 Å². The summed E-state index contributed by atoms with van der Waals surface area (Å²) in [4.78, 5) is 4.64. The first kappa shape index (κ1) is 23.6. The van der Waals surface area contributed by atoms with E-state index in [9.17, 15) is 8.78 Å². The van der Waals surface area contributed by atoms with Crippen molar-refractivity contribution in [3.8, 4) is 11.4 Å². The number of benzene rings is 3. The Morgan fingerprint density at radius 3 is 2.36 bits per heavy atom. The second-order valence-corrected chi connectivity index (χ2v) is 9.17. The smallest absolute Gasteiger partial charge is 0.173 e. The molecule has 4 rings (SSSR count). The van der Waals surface area contributed by atoms with Gasteiger partial charge < -0.3 is 4.74 Å². The second-order valence-electron chi connectivity index (χ2n) is 7.42. The zero-order chi connectivity index (χ0) is 23.5. The molecule has 1 heterocycles. The third kappa shape index (κ3) is 5.18. The van der Waals surface area contributed by atoms with Gasteiger partial charge in [0.05, 0.1) is 24.0 Å². The van der Waals surface area contributed by atoms with Crippen LogP contribution < -0.4 is 4.74 Å². The summed E-state index contributed by atoms with van der Waals surface area (Å²) in [6, 6.07) is 16.3. The maximum absolute atomic E-state index is 13.6. The van der Waals surface area contributed by atoms with E-state index < -0.39 is 0 Å². The summed E-state index contributed by atoms with van der Waals surface area (Å²) in [7, 11) is 1.57. The molecule has 0 spiro atoms. The lowest BCUT2D eigenvalue weighted by atomic mass is 9.98. The number of halogens is 4. The van der Waals surface area contributed by atoms with E-state index in [0.717, 1.165) is 22.5 Å². The van der Waals surface area contributed by atoms with Gasteiger partial charge in [-0.25, -0.2) is 13.8 Å². The molecule has 1 unspecified atom stereocenters. The van der Waals surface area contributed by atoms with Crippen LogP contribution >= 0.6 is 35.0 Å². The molecule has 0 N–H and O–H groups in total. The molecule has 4 aromatic rings.